The summed E-state index contributed by atoms with van der Waals surface area (Å²) in [7, 11) is 0. The molecule has 5 heteroatoms. The van der Waals surface area contributed by atoms with Crippen LogP contribution < -0.4 is 0 Å². The summed E-state index contributed by atoms with van der Waals surface area (Å²) in [5, 5.41) is 8.88. The van der Waals surface area contributed by atoms with Gasteiger partial charge in [-0.3, -0.25) is 4.40 Å². The smallest absolute Gasteiger partial charge is 0.179 e. The average Bonchev–Trinajstić information content (AvgIpc) is 2.75. The first-order chi connectivity index (χ1) is 8.27. The summed E-state index contributed by atoms with van der Waals surface area (Å²) in [6.07, 6.45) is 1.90. The van der Waals surface area contributed by atoms with E-state index in [0.29, 0.717) is 10.7 Å². The number of pyridine rings is 1. The second-order valence-corrected chi connectivity index (χ2v) is 4.81. The zero-order valence-electron chi connectivity index (χ0n) is 8.64. The standard InChI is InChI=1S/C12H7BrClN3/c13-9-5-2-1-4-8(9)11-15-16-12-10(14)6-3-7-17(11)12/h1-7H. The molecule has 0 aliphatic heterocycles. The number of benzene rings is 1. The molecule has 17 heavy (non-hydrogen) atoms. The summed E-state index contributed by atoms with van der Waals surface area (Å²) in [6, 6.07) is 11.6. The van der Waals surface area contributed by atoms with Crippen molar-refractivity contribution in [2.45, 2.75) is 0 Å². The van der Waals surface area contributed by atoms with Crippen LogP contribution in [-0.4, -0.2) is 14.6 Å². The van der Waals surface area contributed by atoms with E-state index in [-0.39, 0.29) is 0 Å². The summed E-state index contributed by atoms with van der Waals surface area (Å²) < 4.78 is 2.86. The van der Waals surface area contributed by atoms with Crippen LogP contribution in [-0.2, 0) is 0 Å². The predicted molar refractivity (Wildman–Crippen MR) is 71.1 cm³/mol. The van der Waals surface area contributed by atoms with Crippen LogP contribution in [0.4, 0.5) is 0 Å². The van der Waals surface area contributed by atoms with Gasteiger partial charge >= 0.3 is 0 Å². The molecule has 0 bridgehead atoms. The molecule has 2 heterocycles. The van der Waals surface area contributed by atoms with Gasteiger partial charge < -0.3 is 0 Å². The Balaban J connectivity index is 2.33. The van der Waals surface area contributed by atoms with Gasteiger partial charge in [0.15, 0.2) is 11.5 Å². The van der Waals surface area contributed by atoms with Gasteiger partial charge in [-0.2, -0.15) is 0 Å². The number of halogens is 2. The highest BCUT2D eigenvalue weighted by Gasteiger charge is 2.11. The molecule has 0 saturated heterocycles. The van der Waals surface area contributed by atoms with Crippen molar-refractivity contribution in [3.05, 3.63) is 52.1 Å². The second kappa shape index (κ2) is 4.13. The molecule has 0 radical (unpaired) electrons. The molecule has 0 atom stereocenters. The Kier molecular flexibility index (Phi) is 2.61. The minimum Gasteiger partial charge on any atom is -0.281 e. The number of hydrogen-bond donors (Lipinski definition) is 0. The van der Waals surface area contributed by atoms with Crippen molar-refractivity contribution < 1.29 is 0 Å². The van der Waals surface area contributed by atoms with Crippen molar-refractivity contribution in [2.75, 3.05) is 0 Å². The van der Waals surface area contributed by atoms with E-state index in [1.807, 2.05) is 40.9 Å². The lowest BCUT2D eigenvalue weighted by Gasteiger charge is -2.02. The van der Waals surface area contributed by atoms with Gasteiger partial charge in [0.2, 0.25) is 0 Å². The largest absolute Gasteiger partial charge is 0.281 e. The zero-order valence-corrected chi connectivity index (χ0v) is 11.0. The molecule has 0 N–H and O–H groups in total. The van der Waals surface area contributed by atoms with Crippen molar-refractivity contribution in [1.29, 1.82) is 0 Å². The van der Waals surface area contributed by atoms with Crippen LogP contribution >= 0.6 is 27.5 Å². The lowest BCUT2D eigenvalue weighted by atomic mass is 10.2. The number of nitrogens with zero attached hydrogens (tertiary/aromatic N) is 3. The minimum absolute atomic E-state index is 0.596. The minimum atomic E-state index is 0.596. The molecule has 1 aromatic carbocycles. The Labute approximate surface area is 111 Å². The van der Waals surface area contributed by atoms with Crippen LogP contribution in [0.3, 0.4) is 0 Å². The fourth-order valence-corrected chi connectivity index (χ4v) is 2.37. The quantitative estimate of drug-likeness (QED) is 0.684. The van der Waals surface area contributed by atoms with Crippen LogP contribution in [0.2, 0.25) is 5.02 Å². The van der Waals surface area contributed by atoms with Gasteiger partial charge in [-0.25, -0.2) is 0 Å². The van der Waals surface area contributed by atoms with Crippen molar-refractivity contribution in [3.63, 3.8) is 0 Å². The lowest BCUT2D eigenvalue weighted by molar-refractivity contribution is 1.11. The molecule has 0 spiro atoms. The van der Waals surface area contributed by atoms with Crippen molar-refractivity contribution in [1.82, 2.24) is 14.6 Å². The maximum Gasteiger partial charge on any atom is 0.179 e. The topological polar surface area (TPSA) is 30.2 Å². The Hall–Kier alpha value is -1.39. The van der Waals surface area contributed by atoms with Gasteiger partial charge in [-0.15, -0.1) is 10.2 Å². The van der Waals surface area contributed by atoms with E-state index in [1.165, 1.54) is 0 Å². The van der Waals surface area contributed by atoms with Gasteiger partial charge in [0.1, 0.15) is 0 Å². The molecule has 0 aliphatic rings. The summed E-state index contributed by atoms with van der Waals surface area (Å²) in [4.78, 5) is 0. The van der Waals surface area contributed by atoms with Gasteiger partial charge in [-0.1, -0.05) is 45.7 Å². The lowest BCUT2D eigenvalue weighted by Crippen LogP contribution is -1.89. The third kappa shape index (κ3) is 1.73. The maximum atomic E-state index is 6.06. The highest BCUT2D eigenvalue weighted by atomic mass is 79.9. The van der Waals surface area contributed by atoms with E-state index in [9.17, 15) is 0 Å². The van der Waals surface area contributed by atoms with Crippen LogP contribution in [0, 0.1) is 0 Å². The average molecular weight is 309 g/mol. The molecule has 0 aliphatic carbocycles. The van der Waals surface area contributed by atoms with Gasteiger partial charge in [-0.05, 0) is 18.2 Å². The van der Waals surface area contributed by atoms with Crippen molar-refractivity contribution in [3.8, 4) is 11.4 Å². The van der Waals surface area contributed by atoms with Crippen LogP contribution in [0.15, 0.2) is 47.1 Å². The molecule has 84 valence electrons. The van der Waals surface area contributed by atoms with E-state index in [2.05, 4.69) is 26.1 Å². The highest BCUT2D eigenvalue weighted by Crippen LogP contribution is 2.28. The number of rotatable bonds is 1. The first-order valence-electron chi connectivity index (χ1n) is 5.01. The number of aromatic nitrogens is 3. The summed E-state index contributed by atoms with van der Waals surface area (Å²) in [6.45, 7) is 0. The molecular weight excluding hydrogens is 302 g/mol. The van der Waals surface area contributed by atoms with E-state index in [4.69, 9.17) is 11.6 Å². The SMILES string of the molecule is Clc1cccn2c(-c3ccccc3Br)nnc12. The van der Waals surface area contributed by atoms with Crippen LogP contribution in [0.5, 0.6) is 0 Å². The fraction of sp³-hybridized carbons (Fsp3) is 0. The molecule has 0 saturated carbocycles. The summed E-state index contributed by atoms with van der Waals surface area (Å²) >= 11 is 9.57. The maximum absolute atomic E-state index is 6.06. The third-order valence-electron chi connectivity index (χ3n) is 2.50. The molecule has 3 rings (SSSR count). The van der Waals surface area contributed by atoms with Crippen LogP contribution in [0.1, 0.15) is 0 Å². The summed E-state index contributed by atoms with van der Waals surface area (Å²) in [5.41, 5.74) is 1.65. The third-order valence-corrected chi connectivity index (χ3v) is 3.49. The number of hydrogen-bond acceptors (Lipinski definition) is 2. The molecule has 2 aromatic heterocycles. The first-order valence-corrected chi connectivity index (χ1v) is 6.18. The summed E-state index contributed by atoms with van der Waals surface area (Å²) in [5.74, 6) is 0.773. The van der Waals surface area contributed by atoms with Gasteiger partial charge in [0, 0.05) is 16.2 Å². The second-order valence-electron chi connectivity index (χ2n) is 3.55. The van der Waals surface area contributed by atoms with Crippen LogP contribution in [0.25, 0.3) is 17.0 Å². The van der Waals surface area contributed by atoms with E-state index < -0.39 is 0 Å². The van der Waals surface area contributed by atoms with Crippen molar-refractivity contribution >= 4 is 33.2 Å². The van der Waals surface area contributed by atoms with Crippen molar-refractivity contribution in [2.24, 2.45) is 0 Å². The molecule has 0 fully saturated rings. The zero-order chi connectivity index (χ0) is 11.8. The highest BCUT2D eigenvalue weighted by molar-refractivity contribution is 9.10. The van der Waals surface area contributed by atoms with Gasteiger partial charge in [0.25, 0.3) is 0 Å². The Morgan fingerprint density at radius 3 is 2.71 bits per heavy atom. The molecular formula is C12H7BrClN3. The van der Waals surface area contributed by atoms with E-state index in [0.717, 1.165) is 15.9 Å². The van der Waals surface area contributed by atoms with E-state index in [1.54, 1.807) is 6.07 Å². The monoisotopic (exact) mass is 307 g/mol. The predicted octanol–water partition coefficient (Wildman–Crippen LogP) is 3.81. The first kappa shape index (κ1) is 10.7. The molecule has 0 unspecified atom stereocenters. The number of fused-ring (bicyclic) bond motifs is 1. The fourth-order valence-electron chi connectivity index (χ4n) is 1.71. The normalized spacial score (nSPS) is 10.9. The Morgan fingerprint density at radius 2 is 1.88 bits per heavy atom. The van der Waals surface area contributed by atoms with E-state index >= 15 is 0 Å². The van der Waals surface area contributed by atoms with Gasteiger partial charge in [0.05, 0.1) is 5.02 Å². The molecule has 0 amide bonds. The molecule has 3 aromatic rings. The molecule has 3 nitrogen and oxygen atoms in total. The Morgan fingerprint density at radius 1 is 1.06 bits per heavy atom. The Bertz CT molecular complexity index is 693.